The van der Waals surface area contributed by atoms with Crippen LogP contribution in [0.25, 0.3) is 0 Å². The van der Waals surface area contributed by atoms with E-state index in [0.717, 1.165) is 6.07 Å². The van der Waals surface area contributed by atoms with Crippen LogP contribution in [0.3, 0.4) is 0 Å². The molecule has 0 fully saturated rings. The molecular formula is C14H12ClF3N2. The first-order valence-corrected chi connectivity index (χ1v) is 6.30. The molecule has 106 valence electrons. The van der Waals surface area contributed by atoms with Crippen LogP contribution in [0.15, 0.2) is 42.6 Å². The largest absolute Gasteiger partial charge is 0.416 e. The lowest BCUT2D eigenvalue weighted by Gasteiger charge is -2.20. The number of pyridine rings is 1. The van der Waals surface area contributed by atoms with Crippen LogP contribution in [0.4, 0.5) is 18.9 Å². The summed E-state index contributed by atoms with van der Waals surface area (Å²) in [7, 11) is 0. The van der Waals surface area contributed by atoms with Gasteiger partial charge in [-0.25, -0.2) is 4.98 Å². The molecular weight excluding hydrogens is 289 g/mol. The predicted octanol–water partition coefficient (Wildman–Crippen LogP) is 4.93. The average molecular weight is 301 g/mol. The summed E-state index contributed by atoms with van der Waals surface area (Å²) < 4.78 is 38.9. The summed E-state index contributed by atoms with van der Waals surface area (Å²) in [6, 6.07) is 8.25. The summed E-state index contributed by atoms with van der Waals surface area (Å²) in [6.07, 6.45) is -2.87. The number of aromatic nitrogens is 1. The minimum absolute atomic E-state index is 0.167. The van der Waals surface area contributed by atoms with E-state index in [2.05, 4.69) is 10.3 Å². The molecule has 1 aromatic carbocycles. The molecule has 0 aliphatic rings. The van der Waals surface area contributed by atoms with Crippen LogP contribution in [0.1, 0.15) is 24.1 Å². The molecule has 20 heavy (non-hydrogen) atoms. The lowest BCUT2D eigenvalue weighted by atomic mass is 10.0. The van der Waals surface area contributed by atoms with Crippen molar-refractivity contribution in [2.75, 3.05) is 5.32 Å². The van der Waals surface area contributed by atoms with Gasteiger partial charge in [0, 0.05) is 12.2 Å². The van der Waals surface area contributed by atoms with E-state index in [4.69, 9.17) is 11.6 Å². The molecule has 0 amide bonds. The van der Waals surface area contributed by atoms with Gasteiger partial charge in [0.15, 0.2) is 5.15 Å². The van der Waals surface area contributed by atoms with Gasteiger partial charge in [0.25, 0.3) is 0 Å². The summed E-state index contributed by atoms with van der Waals surface area (Å²) in [4.78, 5) is 3.88. The number of hydrogen-bond acceptors (Lipinski definition) is 2. The Morgan fingerprint density at radius 1 is 1.15 bits per heavy atom. The molecule has 0 radical (unpaired) electrons. The van der Waals surface area contributed by atoms with Crippen molar-refractivity contribution in [3.8, 4) is 0 Å². The molecule has 2 nitrogen and oxygen atoms in total. The van der Waals surface area contributed by atoms with Crippen molar-refractivity contribution in [1.29, 1.82) is 0 Å². The smallest absolute Gasteiger partial charge is 0.376 e. The number of anilines is 1. The minimum atomic E-state index is -4.38. The Hall–Kier alpha value is -1.75. The number of nitrogens with one attached hydrogen (secondary N) is 1. The number of benzene rings is 1. The van der Waals surface area contributed by atoms with E-state index in [1.54, 1.807) is 25.1 Å². The number of alkyl halides is 3. The predicted molar refractivity (Wildman–Crippen MR) is 72.7 cm³/mol. The molecule has 0 bridgehead atoms. The summed E-state index contributed by atoms with van der Waals surface area (Å²) in [5.41, 5.74) is 0.0126. The second-order valence-corrected chi connectivity index (χ2v) is 4.65. The lowest BCUT2D eigenvalue weighted by Crippen LogP contribution is -2.15. The van der Waals surface area contributed by atoms with Crippen LogP contribution >= 0.6 is 11.6 Å². The van der Waals surface area contributed by atoms with E-state index in [1.165, 1.54) is 18.3 Å². The van der Waals surface area contributed by atoms with Crippen molar-refractivity contribution in [3.63, 3.8) is 0 Å². The van der Waals surface area contributed by atoms with Gasteiger partial charge in [-0.1, -0.05) is 29.8 Å². The van der Waals surface area contributed by atoms with Gasteiger partial charge < -0.3 is 5.32 Å². The van der Waals surface area contributed by atoms with Gasteiger partial charge in [-0.15, -0.1) is 0 Å². The zero-order chi connectivity index (χ0) is 14.8. The number of rotatable bonds is 3. The molecule has 0 spiro atoms. The first kappa shape index (κ1) is 14.7. The highest BCUT2D eigenvalue weighted by Gasteiger charge is 2.34. The lowest BCUT2D eigenvalue weighted by molar-refractivity contribution is -0.138. The summed E-state index contributed by atoms with van der Waals surface area (Å²) in [6.45, 7) is 1.65. The topological polar surface area (TPSA) is 24.9 Å². The first-order chi connectivity index (χ1) is 9.39. The monoisotopic (exact) mass is 300 g/mol. The third kappa shape index (κ3) is 3.22. The van der Waals surface area contributed by atoms with E-state index < -0.39 is 17.8 Å². The minimum Gasteiger partial charge on any atom is -0.376 e. The van der Waals surface area contributed by atoms with E-state index in [9.17, 15) is 13.2 Å². The third-order valence-electron chi connectivity index (χ3n) is 2.86. The Morgan fingerprint density at radius 2 is 1.85 bits per heavy atom. The van der Waals surface area contributed by atoms with Gasteiger partial charge in [-0.05, 0) is 30.7 Å². The van der Waals surface area contributed by atoms with Crippen molar-refractivity contribution >= 4 is 17.3 Å². The molecule has 1 atom stereocenters. The Balaban J connectivity index is 2.31. The van der Waals surface area contributed by atoms with E-state index in [-0.39, 0.29) is 10.7 Å². The van der Waals surface area contributed by atoms with Crippen LogP contribution < -0.4 is 5.32 Å². The van der Waals surface area contributed by atoms with Crippen LogP contribution in [-0.2, 0) is 6.18 Å². The fourth-order valence-corrected chi connectivity index (χ4v) is 2.11. The summed E-state index contributed by atoms with van der Waals surface area (Å²) in [5.74, 6) is 0. The number of nitrogens with zero attached hydrogens (tertiary/aromatic N) is 1. The maximum Gasteiger partial charge on any atom is 0.416 e. The van der Waals surface area contributed by atoms with E-state index >= 15 is 0 Å². The molecule has 0 saturated heterocycles. The van der Waals surface area contributed by atoms with Crippen molar-refractivity contribution in [2.24, 2.45) is 0 Å². The molecule has 6 heteroatoms. The molecule has 0 aliphatic heterocycles. The summed E-state index contributed by atoms with van der Waals surface area (Å²) in [5, 5.41) is 3.17. The van der Waals surface area contributed by atoms with Crippen molar-refractivity contribution in [1.82, 2.24) is 4.98 Å². The summed E-state index contributed by atoms with van der Waals surface area (Å²) >= 11 is 5.89. The van der Waals surface area contributed by atoms with E-state index in [1.807, 2.05) is 0 Å². The zero-order valence-corrected chi connectivity index (χ0v) is 11.3. The van der Waals surface area contributed by atoms with Crippen molar-refractivity contribution in [2.45, 2.75) is 19.1 Å². The van der Waals surface area contributed by atoms with E-state index in [0.29, 0.717) is 5.69 Å². The van der Waals surface area contributed by atoms with Crippen molar-refractivity contribution in [3.05, 3.63) is 58.9 Å². The second-order valence-electron chi connectivity index (χ2n) is 4.29. The molecule has 0 aliphatic carbocycles. The molecule has 0 saturated carbocycles. The van der Waals surface area contributed by atoms with Gasteiger partial charge in [0.05, 0.1) is 11.3 Å². The molecule has 2 rings (SSSR count). The van der Waals surface area contributed by atoms with Crippen LogP contribution in [0.2, 0.25) is 5.15 Å². The van der Waals surface area contributed by atoms with Crippen LogP contribution in [0.5, 0.6) is 0 Å². The van der Waals surface area contributed by atoms with Crippen LogP contribution in [-0.4, -0.2) is 4.98 Å². The number of hydrogen-bond donors (Lipinski definition) is 1. The highest BCUT2D eigenvalue weighted by molar-refractivity contribution is 6.31. The normalized spacial score (nSPS) is 13.1. The van der Waals surface area contributed by atoms with Gasteiger partial charge in [-0.3, -0.25) is 0 Å². The molecule has 1 N–H and O–H groups in total. The van der Waals surface area contributed by atoms with Gasteiger partial charge in [0.1, 0.15) is 0 Å². The Morgan fingerprint density at radius 3 is 2.50 bits per heavy atom. The van der Waals surface area contributed by atoms with Gasteiger partial charge in [-0.2, -0.15) is 13.2 Å². The quantitative estimate of drug-likeness (QED) is 0.813. The Labute approximate surface area is 119 Å². The maximum atomic E-state index is 13.0. The molecule has 1 aromatic heterocycles. The molecule has 1 unspecified atom stereocenters. The SMILES string of the molecule is CC(Nc1cccnc1Cl)c1ccccc1C(F)(F)F. The van der Waals surface area contributed by atoms with Crippen molar-refractivity contribution < 1.29 is 13.2 Å². The Kier molecular flexibility index (Phi) is 4.18. The fourth-order valence-electron chi connectivity index (χ4n) is 1.94. The average Bonchev–Trinajstić information content (AvgIpc) is 2.40. The first-order valence-electron chi connectivity index (χ1n) is 5.93. The second kappa shape index (κ2) is 5.71. The van der Waals surface area contributed by atoms with Crippen LogP contribution in [0, 0.1) is 0 Å². The molecule has 1 heterocycles. The van der Waals surface area contributed by atoms with Gasteiger partial charge in [0.2, 0.25) is 0 Å². The third-order valence-corrected chi connectivity index (χ3v) is 3.16. The maximum absolute atomic E-state index is 13.0. The highest BCUT2D eigenvalue weighted by Crippen LogP contribution is 2.35. The van der Waals surface area contributed by atoms with Gasteiger partial charge >= 0.3 is 6.18 Å². The standard InChI is InChI=1S/C14H12ClF3N2/c1-9(20-12-7-4-8-19-13(12)15)10-5-2-3-6-11(10)14(16,17)18/h2-9,20H,1H3. The fraction of sp³-hybridized carbons (Fsp3) is 0.214. The number of halogens is 4. The highest BCUT2D eigenvalue weighted by atomic mass is 35.5. The molecule has 2 aromatic rings. The Bertz CT molecular complexity index is 599. The zero-order valence-electron chi connectivity index (χ0n) is 10.6.